The summed E-state index contributed by atoms with van der Waals surface area (Å²) in [6.07, 6.45) is 0.812. The maximum absolute atomic E-state index is 12.7. The molecule has 0 fully saturated rings. The molecule has 0 aliphatic carbocycles. The summed E-state index contributed by atoms with van der Waals surface area (Å²) in [5.74, 6) is 0.284. The molecular formula is C21H28N2O3S. The number of nitrogens with one attached hydrogen (secondary N) is 2. The molecule has 6 heteroatoms. The fourth-order valence-corrected chi connectivity index (χ4v) is 3.97. The first-order chi connectivity index (χ1) is 12.7. The lowest BCUT2D eigenvalue weighted by Gasteiger charge is -2.21. The molecule has 27 heavy (non-hydrogen) atoms. The van der Waals surface area contributed by atoms with Crippen molar-refractivity contribution in [1.29, 1.82) is 0 Å². The molecule has 0 heterocycles. The molecule has 0 aromatic heterocycles. The number of carbonyl (C=O) groups excluding carboxylic acids is 1. The van der Waals surface area contributed by atoms with Crippen LogP contribution >= 0.6 is 0 Å². The second kappa shape index (κ2) is 9.15. The van der Waals surface area contributed by atoms with Crippen LogP contribution in [0.1, 0.15) is 31.9 Å². The number of hydrogen-bond donors (Lipinski definition) is 2. The van der Waals surface area contributed by atoms with Crippen LogP contribution in [0.15, 0.2) is 53.4 Å². The van der Waals surface area contributed by atoms with E-state index in [0.717, 1.165) is 12.0 Å². The minimum absolute atomic E-state index is 0.152. The van der Waals surface area contributed by atoms with Crippen molar-refractivity contribution in [2.45, 2.75) is 39.0 Å². The maximum Gasteiger partial charge on any atom is 0.240 e. The van der Waals surface area contributed by atoms with Crippen molar-refractivity contribution in [3.63, 3.8) is 0 Å². The van der Waals surface area contributed by atoms with Gasteiger partial charge in [-0.15, -0.1) is 0 Å². The average molecular weight is 389 g/mol. The van der Waals surface area contributed by atoms with Crippen LogP contribution in [0.2, 0.25) is 0 Å². The van der Waals surface area contributed by atoms with Crippen molar-refractivity contribution in [2.24, 2.45) is 11.8 Å². The van der Waals surface area contributed by atoms with E-state index in [4.69, 9.17) is 0 Å². The number of sulfonamides is 1. The average Bonchev–Trinajstić information content (AvgIpc) is 2.60. The van der Waals surface area contributed by atoms with E-state index in [1.807, 2.05) is 25.1 Å². The zero-order valence-corrected chi connectivity index (χ0v) is 17.1. The van der Waals surface area contributed by atoms with Gasteiger partial charge in [0.25, 0.3) is 0 Å². The summed E-state index contributed by atoms with van der Waals surface area (Å²) in [6, 6.07) is 14.8. The van der Waals surface area contributed by atoms with E-state index >= 15 is 0 Å². The van der Waals surface area contributed by atoms with E-state index in [1.165, 1.54) is 18.6 Å². The molecule has 1 amide bonds. The number of anilines is 1. The molecule has 2 rings (SSSR count). The summed E-state index contributed by atoms with van der Waals surface area (Å²) >= 11 is 0. The van der Waals surface area contributed by atoms with Crippen LogP contribution in [0.5, 0.6) is 0 Å². The minimum atomic E-state index is -3.66. The molecule has 0 aliphatic heterocycles. The Kier molecular flexibility index (Phi) is 7.16. The van der Waals surface area contributed by atoms with E-state index in [0.29, 0.717) is 18.2 Å². The summed E-state index contributed by atoms with van der Waals surface area (Å²) in [5, 5.41) is 2.67. The summed E-state index contributed by atoms with van der Waals surface area (Å²) in [4.78, 5) is 11.5. The zero-order valence-electron chi connectivity index (χ0n) is 16.3. The number of benzene rings is 2. The van der Waals surface area contributed by atoms with Crippen LogP contribution in [0, 0.1) is 18.8 Å². The lowest BCUT2D eigenvalue weighted by Crippen LogP contribution is -2.32. The van der Waals surface area contributed by atoms with Crippen LogP contribution in [-0.4, -0.2) is 20.9 Å². The second-order valence-electron chi connectivity index (χ2n) is 7.20. The molecule has 2 N–H and O–H groups in total. The van der Waals surface area contributed by atoms with Gasteiger partial charge in [-0.05, 0) is 48.4 Å². The van der Waals surface area contributed by atoms with Crippen LogP contribution in [0.3, 0.4) is 0 Å². The van der Waals surface area contributed by atoms with Gasteiger partial charge in [0.2, 0.25) is 15.9 Å². The number of amides is 1. The summed E-state index contributed by atoms with van der Waals surface area (Å²) in [6.45, 7) is 7.78. The standard InChI is InChI=1S/C21H28N2O3S/c1-15(2)19(12-18-8-6-5-7-9-18)14-22-27(25,26)20-11-10-16(3)21(13-20)23-17(4)24/h5-11,13,15,19,22H,12,14H2,1-4H3,(H,23,24)/t19-/m0/s1. The first-order valence-corrected chi connectivity index (χ1v) is 10.6. The fourth-order valence-electron chi connectivity index (χ4n) is 2.85. The molecule has 0 unspecified atom stereocenters. The quantitative estimate of drug-likeness (QED) is 0.723. The highest BCUT2D eigenvalue weighted by Crippen LogP contribution is 2.21. The monoisotopic (exact) mass is 388 g/mol. The molecule has 0 aliphatic rings. The van der Waals surface area contributed by atoms with Gasteiger partial charge in [0.15, 0.2) is 0 Å². The van der Waals surface area contributed by atoms with Crippen molar-refractivity contribution in [2.75, 3.05) is 11.9 Å². The van der Waals surface area contributed by atoms with Crippen LogP contribution in [0.25, 0.3) is 0 Å². The van der Waals surface area contributed by atoms with Gasteiger partial charge in [0.1, 0.15) is 0 Å². The van der Waals surface area contributed by atoms with Crippen LogP contribution < -0.4 is 10.0 Å². The van der Waals surface area contributed by atoms with Gasteiger partial charge in [0, 0.05) is 19.2 Å². The van der Waals surface area contributed by atoms with Gasteiger partial charge in [0.05, 0.1) is 4.90 Å². The molecule has 0 bridgehead atoms. The van der Waals surface area contributed by atoms with Gasteiger partial charge in [-0.25, -0.2) is 13.1 Å². The molecule has 1 atom stereocenters. The molecule has 146 valence electrons. The summed E-state index contributed by atoms with van der Waals surface area (Å²) in [5.41, 5.74) is 2.52. The van der Waals surface area contributed by atoms with Gasteiger partial charge in [-0.2, -0.15) is 0 Å². The molecule has 0 spiro atoms. The lowest BCUT2D eigenvalue weighted by molar-refractivity contribution is -0.114. The van der Waals surface area contributed by atoms with E-state index in [-0.39, 0.29) is 16.7 Å². The molecule has 0 saturated carbocycles. The van der Waals surface area contributed by atoms with Gasteiger partial charge < -0.3 is 5.32 Å². The first kappa shape index (κ1) is 21.1. The molecule has 0 saturated heterocycles. The van der Waals surface area contributed by atoms with Crippen molar-refractivity contribution >= 4 is 21.6 Å². The number of carbonyl (C=O) groups is 1. The van der Waals surface area contributed by atoms with Gasteiger partial charge in [-0.3, -0.25) is 4.79 Å². The van der Waals surface area contributed by atoms with Crippen LogP contribution in [0.4, 0.5) is 5.69 Å². The predicted octanol–water partition coefficient (Wildman–Crippen LogP) is 3.75. The van der Waals surface area contributed by atoms with Crippen molar-refractivity contribution < 1.29 is 13.2 Å². The number of hydrogen-bond acceptors (Lipinski definition) is 3. The Balaban J connectivity index is 2.13. The number of rotatable bonds is 8. The van der Waals surface area contributed by atoms with E-state index in [2.05, 4.69) is 36.0 Å². The van der Waals surface area contributed by atoms with Crippen molar-refractivity contribution in [3.05, 3.63) is 59.7 Å². The predicted molar refractivity (Wildman–Crippen MR) is 109 cm³/mol. The van der Waals surface area contributed by atoms with E-state index < -0.39 is 10.0 Å². The Labute approximate surface area is 162 Å². The molecule has 5 nitrogen and oxygen atoms in total. The largest absolute Gasteiger partial charge is 0.326 e. The molecule has 2 aromatic carbocycles. The van der Waals surface area contributed by atoms with Gasteiger partial charge >= 0.3 is 0 Å². The Hall–Kier alpha value is -2.18. The third kappa shape index (κ3) is 6.19. The third-order valence-electron chi connectivity index (χ3n) is 4.65. The zero-order chi connectivity index (χ0) is 20.0. The minimum Gasteiger partial charge on any atom is -0.326 e. The fraction of sp³-hybridized carbons (Fsp3) is 0.381. The summed E-state index contributed by atoms with van der Waals surface area (Å²) < 4.78 is 28.2. The SMILES string of the molecule is CC(=O)Nc1cc(S(=O)(=O)NC[C@H](Cc2ccccc2)C(C)C)ccc1C. The molecule has 2 aromatic rings. The normalized spacial score (nSPS) is 12.8. The van der Waals surface area contributed by atoms with Crippen molar-refractivity contribution in [3.8, 4) is 0 Å². The third-order valence-corrected chi connectivity index (χ3v) is 6.07. The Morgan fingerprint density at radius 2 is 1.74 bits per heavy atom. The second-order valence-corrected chi connectivity index (χ2v) is 8.97. The lowest BCUT2D eigenvalue weighted by atomic mass is 9.89. The van der Waals surface area contributed by atoms with E-state index in [1.54, 1.807) is 12.1 Å². The van der Waals surface area contributed by atoms with Crippen molar-refractivity contribution in [1.82, 2.24) is 4.72 Å². The number of aryl methyl sites for hydroxylation is 1. The summed E-state index contributed by atoms with van der Waals surface area (Å²) in [7, 11) is -3.66. The highest BCUT2D eigenvalue weighted by Gasteiger charge is 2.20. The van der Waals surface area contributed by atoms with Gasteiger partial charge in [-0.1, -0.05) is 50.2 Å². The Morgan fingerprint density at radius 1 is 1.07 bits per heavy atom. The maximum atomic E-state index is 12.7. The van der Waals surface area contributed by atoms with E-state index in [9.17, 15) is 13.2 Å². The topological polar surface area (TPSA) is 75.3 Å². The smallest absolute Gasteiger partial charge is 0.240 e. The van der Waals surface area contributed by atoms with Crippen LogP contribution in [-0.2, 0) is 21.2 Å². The Morgan fingerprint density at radius 3 is 2.33 bits per heavy atom. The first-order valence-electron chi connectivity index (χ1n) is 9.11. The highest BCUT2D eigenvalue weighted by molar-refractivity contribution is 7.89. The Bertz CT molecular complexity index is 878. The molecular weight excluding hydrogens is 360 g/mol. The molecule has 0 radical (unpaired) electrons. The highest BCUT2D eigenvalue weighted by atomic mass is 32.2.